The molecule has 0 spiro atoms. The number of carboxylic acids is 1. The number of nitrogens with one attached hydrogen (secondary N) is 1. The standard InChI is InChI=1S/C25H25N9O.C2HF3O2/c1-31-15-20(14-28-31)18-10-22(24-19(11-26)13-29-34(24)16-18)17-2-5-23(27-12-17)32-6-8-33(9-7-32)25(35)30-21-3-4-21;3-2(4,5)1(6)7/h2,5,10,12-16,21H,3-4,6-9H2,1H3,(H,30,35);(H,6,7). The molecule has 2 amide bonds. The average molecular weight is 582 g/mol. The number of rotatable bonds is 4. The molecular formula is C27H26F3N9O3. The zero-order valence-corrected chi connectivity index (χ0v) is 22.4. The minimum atomic E-state index is -5.08. The van der Waals surface area contributed by atoms with E-state index in [0.29, 0.717) is 24.7 Å². The summed E-state index contributed by atoms with van der Waals surface area (Å²) in [5.41, 5.74) is 4.99. The van der Waals surface area contributed by atoms with Crippen molar-refractivity contribution in [2.45, 2.75) is 25.1 Å². The van der Waals surface area contributed by atoms with E-state index in [0.717, 1.165) is 59.5 Å². The third kappa shape index (κ3) is 6.27. The smallest absolute Gasteiger partial charge is 0.475 e. The van der Waals surface area contributed by atoms with Crippen molar-refractivity contribution >= 4 is 23.3 Å². The summed E-state index contributed by atoms with van der Waals surface area (Å²) in [6, 6.07) is 8.76. The molecule has 2 aliphatic rings. The molecule has 0 bridgehead atoms. The maximum Gasteiger partial charge on any atom is 0.490 e. The molecule has 218 valence electrons. The normalized spacial score (nSPS) is 15.1. The van der Waals surface area contributed by atoms with Gasteiger partial charge in [-0.3, -0.25) is 4.68 Å². The Morgan fingerprint density at radius 1 is 1.02 bits per heavy atom. The van der Waals surface area contributed by atoms with E-state index in [1.165, 1.54) is 0 Å². The Balaban J connectivity index is 0.000000451. The van der Waals surface area contributed by atoms with E-state index < -0.39 is 12.1 Å². The lowest BCUT2D eigenvalue weighted by Crippen LogP contribution is -2.52. The maximum absolute atomic E-state index is 12.3. The molecule has 0 radical (unpaired) electrons. The molecule has 4 aromatic rings. The van der Waals surface area contributed by atoms with Crippen LogP contribution in [0.25, 0.3) is 27.8 Å². The fourth-order valence-electron chi connectivity index (χ4n) is 4.52. The van der Waals surface area contributed by atoms with Gasteiger partial charge in [0.1, 0.15) is 11.9 Å². The van der Waals surface area contributed by atoms with Crippen molar-refractivity contribution in [3.8, 4) is 28.3 Å². The van der Waals surface area contributed by atoms with Crippen molar-refractivity contribution in [2.75, 3.05) is 31.1 Å². The zero-order valence-electron chi connectivity index (χ0n) is 22.4. The predicted molar refractivity (Wildman–Crippen MR) is 144 cm³/mol. The molecule has 15 heteroatoms. The summed E-state index contributed by atoms with van der Waals surface area (Å²) in [5.74, 6) is -1.88. The van der Waals surface area contributed by atoms with Crippen LogP contribution < -0.4 is 10.2 Å². The van der Waals surface area contributed by atoms with Crippen LogP contribution in [0.2, 0.25) is 0 Å². The highest BCUT2D eigenvalue weighted by atomic mass is 19.4. The minimum Gasteiger partial charge on any atom is -0.475 e. The van der Waals surface area contributed by atoms with Gasteiger partial charge in [0, 0.05) is 80.1 Å². The van der Waals surface area contributed by atoms with Crippen LogP contribution in [-0.2, 0) is 11.8 Å². The summed E-state index contributed by atoms with van der Waals surface area (Å²) in [6.45, 7) is 2.84. The highest BCUT2D eigenvalue weighted by molar-refractivity contribution is 5.87. The van der Waals surface area contributed by atoms with Crippen molar-refractivity contribution in [3.63, 3.8) is 0 Å². The number of fused-ring (bicyclic) bond motifs is 1. The summed E-state index contributed by atoms with van der Waals surface area (Å²) in [5, 5.41) is 28.5. The van der Waals surface area contributed by atoms with Gasteiger partial charge in [0.25, 0.3) is 0 Å². The number of anilines is 1. The number of aryl methyl sites for hydroxylation is 1. The zero-order chi connectivity index (χ0) is 30.0. The molecule has 4 aromatic heterocycles. The first-order chi connectivity index (χ1) is 20.0. The number of urea groups is 1. The lowest BCUT2D eigenvalue weighted by Gasteiger charge is -2.35. The molecule has 1 aliphatic carbocycles. The summed E-state index contributed by atoms with van der Waals surface area (Å²) in [4.78, 5) is 30.0. The molecule has 2 N–H and O–H groups in total. The molecule has 1 saturated carbocycles. The van der Waals surface area contributed by atoms with Crippen LogP contribution in [0, 0.1) is 11.3 Å². The summed E-state index contributed by atoms with van der Waals surface area (Å²) in [7, 11) is 1.88. The number of amides is 2. The van der Waals surface area contributed by atoms with Crippen LogP contribution >= 0.6 is 0 Å². The van der Waals surface area contributed by atoms with Crippen molar-refractivity contribution in [3.05, 3.63) is 54.7 Å². The van der Waals surface area contributed by atoms with Crippen molar-refractivity contribution in [1.82, 2.24) is 34.6 Å². The predicted octanol–water partition coefficient (Wildman–Crippen LogP) is 3.30. The molecule has 0 unspecified atom stereocenters. The van der Waals surface area contributed by atoms with Gasteiger partial charge >= 0.3 is 18.2 Å². The van der Waals surface area contributed by atoms with Gasteiger partial charge in [-0.2, -0.15) is 28.6 Å². The highest BCUT2D eigenvalue weighted by Gasteiger charge is 2.38. The Morgan fingerprint density at radius 3 is 2.29 bits per heavy atom. The van der Waals surface area contributed by atoms with E-state index in [4.69, 9.17) is 14.9 Å². The number of piperazine rings is 1. The fraction of sp³-hybridized carbons (Fsp3) is 0.333. The molecule has 0 aromatic carbocycles. The van der Waals surface area contributed by atoms with Crippen LogP contribution in [-0.4, -0.2) is 84.8 Å². The number of hydrogen-bond acceptors (Lipinski definition) is 7. The molecule has 1 saturated heterocycles. The van der Waals surface area contributed by atoms with Crippen LogP contribution in [0.3, 0.4) is 0 Å². The number of nitrogens with zero attached hydrogens (tertiary/aromatic N) is 8. The SMILES string of the molecule is Cn1cc(-c2cc(-c3ccc(N4CCN(C(=O)NC5CC5)CC4)nc3)c3c(C#N)cnn3c2)cn1.O=C(O)C(F)(F)F. The number of carbonyl (C=O) groups is 2. The topological polar surface area (TPSA) is 145 Å². The van der Waals surface area contributed by atoms with Gasteiger partial charge in [0.05, 0.1) is 23.5 Å². The first-order valence-corrected chi connectivity index (χ1v) is 13.0. The quantitative estimate of drug-likeness (QED) is 0.374. The van der Waals surface area contributed by atoms with Crippen LogP contribution in [0.4, 0.5) is 23.8 Å². The minimum absolute atomic E-state index is 0.0436. The number of carboxylic acid groups (broad SMARTS) is 1. The Labute approximate surface area is 237 Å². The number of alkyl halides is 3. The molecule has 2 fully saturated rings. The first-order valence-electron chi connectivity index (χ1n) is 13.0. The molecule has 6 rings (SSSR count). The Hall–Kier alpha value is -5.13. The summed E-state index contributed by atoms with van der Waals surface area (Å²) < 4.78 is 35.2. The van der Waals surface area contributed by atoms with Gasteiger partial charge in [0.15, 0.2) is 0 Å². The van der Waals surface area contributed by atoms with Gasteiger partial charge in [0.2, 0.25) is 0 Å². The summed E-state index contributed by atoms with van der Waals surface area (Å²) >= 11 is 0. The van der Waals surface area contributed by atoms with E-state index in [1.54, 1.807) is 15.4 Å². The highest BCUT2D eigenvalue weighted by Crippen LogP contribution is 2.32. The Bertz CT molecular complexity index is 1650. The van der Waals surface area contributed by atoms with Crippen LogP contribution in [0.1, 0.15) is 18.4 Å². The van der Waals surface area contributed by atoms with Gasteiger partial charge < -0.3 is 20.2 Å². The largest absolute Gasteiger partial charge is 0.490 e. The third-order valence-corrected chi connectivity index (χ3v) is 6.87. The number of pyridine rings is 2. The number of aromatic nitrogens is 5. The summed E-state index contributed by atoms with van der Waals surface area (Å²) in [6.07, 6.45) is 6.21. The number of carbonyl (C=O) groups excluding carboxylic acids is 1. The number of nitriles is 1. The molecule has 12 nitrogen and oxygen atoms in total. The molecular weight excluding hydrogens is 555 g/mol. The molecule has 0 atom stereocenters. The fourth-order valence-corrected chi connectivity index (χ4v) is 4.52. The van der Waals surface area contributed by atoms with Crippen molar-refractivity contribution in [1.29, 1.82) is 5.26 Å². The Morgan fingerprint density at radius 2 is 1.74 bits per heavy atom. The van der Waals surface area contributed by atoms with Crippen molar-refractivity contribution in [2.24, 2.45) is 7.05 Å². The molecule has 1 aliphatic heterocycles. The van der Waals surface area contributed by atoms with E-state index >= 15 is 0 Å². The number of halogens is 3. The Kier molecular flexibility index (Phi) is 7.70. The molecule has 42 heavy (non-hydrogen) atoms. The lowest BCUT2D eigenvalue weighted by molar-refractivity contribution is -0.192. The number of aliphatic carboxylic acids is 1. The second-order valence-electron chi connectivity index (χ2n) is 9.91. The molecule has 5 heterocycles. The van der Waals surface area contributed by atoms with Gasteiger partial charge in [-0.05, 0) is 31.0 Å². The lowest BCUT2D eigenvalue weighted by atomic mass is 10.0. The first kappa shape index (κ1) is 28.4. The van der Waals surface area contributed by atoms with Crippen LogP contribution in [0.5, 0.6) is 0 Å². The van der Waals surface area contributed by atoms with Crippen molar-refractivity contribution < 1.29 is 27.9 Å². The average Bonchev–Trinajstić information content (AvgIpc) is 3.52. The number of hydrogen-bond donors (Lipinski definition) is 2. The van der Waals surface area contributed by atoms with E-state index in [9.17, 15) is 23.2 Å². The second kappa shape index (κ2) is 11.4. The van der Waals surface area contributed by atoms with E-state index in [-0.39, 0.29) is 6.03 Å². The third-order valence-electron chi connectivity index (χ3n) is 6.87. The van der Waals surface area contributed by atoms with Crippen LogP contribution in [0.15, 0.2) is 49.2 Å². The van der Waals surface area contributed by atoms with E-state index in [2.05, 4.69) is 32.5 Å². The monoisotopic (exact) mass is 581 g/mol. The maximum atomic E-state index is 12.3. The second-order valence-corrected chi connectivity index (χ2v) is 9.91. The van der Waals surface area contributed by atoms with E-state index in [1.807, 2.05) is 48.9 Å². The van der Waals surface area contributed by atoms with Gasteiger partial charge in [-0.1, -0.05) is 0 Å². The van der Waals surface area contributed by atoms with Gasteiger partial charge in [-0.15, -0.1) is 0 Å². The van der Waals surface area contributed by atoms with Gasteiger partial charge in [-0.25, -0.2) is 19.1 Å².